The molecule has 1 aliphatic rings. The largest absolute Gasteiger partial charge is 0.493 e. The Kier molecular flexibility index (Phi) is 4.95. The van der Waals surface area contributed by atoms with Gasteiger partial charge in [0.2, 0.25) is 5.75 Å². The molecule has 2 rings (SSSR count). The van der Waals surface area contributed by atoms with Gasteiger partial charge in [-0.25, -0.2) is 0 Å². The Labute approximate surface area is 120 Å². The number of nitrogens with one attached hydrogen (secondary N) is 1. The van der Waals surface area contributed by atoms with E-state index < -0.39 is 0 Å². The Morgan fingerprint density at radius 1 is 1.15 bits per heavy atom. The molecule has 1 N–H and O–H groups in total. The summed E-state index contributed by atoms with van der Waals surface area (Å²) in [5, 5.41) is 3.52. The minimum atomic E-state index is 0.530. The zero-order valence-corrected chi connectivity index (χ0v) is 12.7. The third kappa shape index (κ3) is 2.93. The molecule has 5 heteroatoms. The summed E-state index contributed by atoms with van der Waals surface area (Å²) in [6.45, 7) is 5.18. The van der Waals surface area contributed by atoms with Crippen molar-refractivity contribution in [3.8, 4) is 17.2 Å². The summed E-state index contributed by atoms with van der Waals surface area (Å²) in [6, 6.07) is 4.56. The van der Waals surface area contributed by atoms with E-state index in [1.165, 1.54) is 0 Å². The summed E-state index contributed by atoms with van der Waals surface area (Å²) in [4.78, 5) is 2.36. The molecule has 0 radical (unpaired) electrons. The number of hydrogen-bond donors (Lipinski definition) is 1. The van der Waals surface area contributed by atoms with Gasteiger partial charge in [0.25, 0.3) is 0 Å². The number of ether oxygens (including phenoxy) is 3. The molecular formula is C15H24N2O3. The lowest BCUT2D eigenvalue weighted by molar-refractivity contribution is 0.324. The molecule has 0 aromatic heterocycles. The lowest BCUT2D eigenvalue weighted by atomic mass is 10.1. The van der Waals surface area contributed by atoms with Gasteiger partial charge in [-0.05, 0) is 6.42 Å². The van der Waals surface area contributed by atoms with Gasteiger partial charge in [-0.2, -0.15) is 0 Å². The van der Waals surface area contributed by atoms with E-state index >= 15 is 0 Å². The Balaban J connectivity index is 2.31. The first-order chi connectivity index (χ1) is 9.73. The maximum atomic E-state index is 5.42. The fourth-order valence-electron chi connectivity index (χ4n) is 2.58. The Morgan fingerprint density at radius 3 is 2.30 bits per heavy atom. The molecule has 0 aliphatic carbocycles. The van der Waals surface area contributed by atoms with Gasteiger partial charge in [0.1, 0.15) is 0 Å². The van der Waals surface area contributed by atoms with Crippen molar-refractivity contribution in [1.29, 1.82) is 0 Å². The van der Waals surface area contributed by atoms with Crippen LogP contribution in [0.2, 0.25) is 0 Å². The van der Waals surface area contributed by atoms with Crippen LogP contribution in [0.3, 0.4) is 0 Å². The highest BCUT2D eigenvalue weighted by molar-refractivity contribution is 5.63. The van der Waals surface area contributed by atoms with Crippen LogP contribution in [0.15, 0.2) is 12.1 Å². The zero-order chi connectivity index (χ0) is 14.5. The lowest BCUT2D eigenvalue weighted by Crippen LogP contribution is -2.50. The second-order valence-electron chi connectivity index (χ2n) is 4.89. The van der Waals surface area contributed by atoms with Gasteiger partial charge >= 0.3 is 0 Å². The number of piperazine rings is 1. The molecule has 1 aromatic carbocycles. The summed E-state index contributed by atoms with van der Waals surface area (Å²) in [7, 11) is 4.92. The number of anilines is 1. The molecule has 1 atom stereocenters. The third-order valence-corrected chi connectivity index (χ3v) is 3.76. The number of rotatable bonds is 5. The molecular weight excluding hydrogens is 256 g/mol. The van der Waals surface area contributed by atoms with Gasteiger partial charge in [-0.3, -0.25) is 0 Å². The molecule has 1 heterocycles. The van der Waals surface area contributed by atoms with Crippen molar-refractivity contribution in [1.82, 2.24) is 5.32 Å². The minimum absolute atomic E-state index is 0.530. The molecule has 0 spiro atoms. The standard InChI is InChI=1S/C15H24N2O3/c1-5-11-10-17(7-6-16-11)12-8-13(18-2)15(20-4)14(9-12)19-3/h8-9,11,16H,5-7,10H2,1-4H3. The Bertz CT molecular complexity index is 426. The highest BCUT2D eigenvalue weighted by atomic mass is 16.5. The molecule has 5 nitrogen and oxygen atoms in total. The van der Waals surface area contributed by atoms with Crippen molar-refractivity contribution >= 4 is 5.69 Å². The first-order valence-corrected chi connectivity index (χ1v) is 7.01. The van der Waals surface area contributed by atoms with Crippen molar-refractivity contribution in [3.63, 3.8) is 0 Å². The van der Waals surface area contributed by atoms with Gasteiger partial charge in [0.15, 0.2) is 11.5 Å². The summed E-state index contributed by atoms with van der Waals surface area (Å²) >= 11 is 0. The SMILES string of the molecule is CCC1CN(c2cc(OC)c(OC)c(OC)c2)CCN1. The molecule has 0 bridgehead atoms. The van der Waals surface area contributed by atoms with Crippen LogP contribution in [0.5, 0.6) is 17.2 Å². The summed E-state index contributed by atoms with van der Waals surface area (Å²) in [5.74, 6) is 2.04. The maximum Gasteiger partial charge on any atom is 0.203 e. The van der Waals surface area contributed by atoms with Crippen molar-refractivity contribution < 1.29 is 14.2 Å². The second kappa shape index (κ2) is 6.70. The summed E-state index contributed by atoms with van der Waals surface area (Å²) in [5.41, 5.74) is 1.11. The Hall–Kier alpha value is -1.62. The fraction of sp³-hybridized carbons (Fsp3) is 0.600. The second-order valence-corrected chi connectivity index (χ2v) is 4.89. The number of nitrogens with zero attached hydrogens (tertiary/aromatic N) is 1. The van der Waals surface area contributed by atoms with Crippen LogP contribution in [0.25, 0.3) is 0 Å². The van der Waals surface area contributed by atoms with E-state index in [4.69, 9.17) is 14.2 Å². The molecule has 1 unspecified atom stereocenters. The number of methoxy groups -OCH3 is 3. The number of hydrogen-bond acceptors (Lipinski definition) is 5. The molecule has 20 heavy (non-hydrogen) atoms. The van der Waals surface area contributed by atoms with Gasteiger partial charge in [0, 0.05) is 43.5 Å². The van der Waals surface area contributed by atoms with E-state index in [-0.39, 0.29) is 0 Å². The first-order valence-electron chi connectivity index (χ1n) is 7.01. The molecule has 0 saturated carbocycles. The topological polar surface area (TPSA) is 43.0 Å². The van der Waals surface area contributed by atoms with Crippen LogP contribution in [-0.4, -0.2) is 47.0 Å². The van der Waals surface area contributed by atoms with Crippen LogP contribution in [0, 0.1) is 0 Å². The molecule has 112 valence electrons. The molecule has 1 aromatic rings. The highest BCUT2D eigenvalue weighted by Gasteiger charge is 2.21. The van der Waals surface area contributed by atoms with Crippen LogP contribution in [0.1, 0.15) is 13.3 Å². The van der Waals surface area contributed by atoms with E-state index in [9.17, 15) is 0 Å². The van der Waals surface area contributed by atoms with Crippen LogP contribution >= 0.6 is 0 Å². The van der Waals surface area contributed by atoms with Crippen molar-refractivity contribution in [2.24, 2.45) is 0 Å². The zero-order valence-electron chi connectivity index (χ0n) is 12.7. The molecule has 1 fully saturated rings. The molecule has 0 amide bonds. The van der Waals surface area contributed by atoms with Crippen LogP contribution in [0.4, 0.5) is 5.69 Å². The van der Waals surface area contributed by atoms with E-state index in [0.29, 0.717) is 23.3 Å². The Morgan fingerprint density at radius 2 is 1.80 bits per heavy atom. The average Bonchev–Trinajstić information content (AvgIpc) is 2.53. The average molecular weight is 280 g/mol. The van der Waals surface area contributed by atoms with Gasteiger partial charge < -0.3 is 24.4 Å². The number of benzene rings is 1. The maximum absolute atomic E-state index is 5.42. The van der Waals surface area contributed by atoms with E-state index in [2.05, 4.69) is 17.1 Å². The highest BCUT2D eigenvalue weighted by Crippen LogP contribution is 2.41. The van der Waals surface area contributed by atoms with Crippen molar-refractivity contribution in [3.05, 3.63) is 12.1 Å². The van der Waals surface area contributed by atoms with Gasteiger partial charge in [-0.1, -0.05) is 6.92 Å². The van der Waals surface area contributed by atoms with E-state index in [1.54, 1.807) is 21.3 Å². The summed E-state index contributed by atoms with van der Waals surface area (Å²) in [6.07, 6.45) is 1.13. The molecule has 1 saturated heterocycles. The van der Waals surface area contributed by atoms with Crippen molar-refractivity contribution in [2.45, 2.75) is 19.4 Å². The van der Waals surface area contributed by atoms with E-state index in [1.807, 2.05) is 12.1 Å². The lowest BCUT2D eigenvalue weighted by Gasteiger charge is -2.35. The molecule has 1 aliphatic heterocycles. The van der Waals surface area contributed by atoms with Gasteiger partial charge in [-0.15, -0.1) is 0 Å². The monoisotopic (exact) mass is 280 g/mol. The quantitative estimate of drug-likeness (QED) is 0.892. The van der Waals surface area contributed by atoms with Crippen molar-refractivity contribution in [2.75, 3.05) is 45.9 Å². The van der Waals surface area contributed by atoms with Crippen LogP contribution in [-0.2, 0) is 0 Å². The van der Waals surface area contributed by atoms with Crippen LogP contribution < -0.4 is 24.4 Å². The van der Waals surface area contributed by atoms with Gasteiger partial charge in [0.05, 0.1) is 21.3 Å². The summed E-state index contributed by atoms with van der Waals surface area (Å²) < 4.78 is 16.2. The van der Waals surface area contributed by atoms with E-state index in [0.717, 1.165) is 31.7 Å². The predicted molar refractivity (Wildman–Crippen MR) is 80.4 cm³/mol. The fourth-order valence-corrected chi connectivity index (χ4v) is 2.58. The normalized spacial score (nSPS) is 18.8. The smallest absolute Gasteiger partial charge is 0.203 e. The predicted octanol–water partition coefficient (Wildman–Crippen LogP) is 1.90. The third-order valence-electron chi connectivity index (χ3n) is 3.76. The first kappa shape index (κ1) is 14.8. The minimum Gasteiger partial charge on any atom is -0.493 e.